The molecular formula is C21H25N3O3S. The number of carbonyl (C=O) groups excluding carboxylic acids is 1. The van der Waals surface area contributed by atoms with E-state index in [0.29, 0.717) is 31.0 Å². The van der Waals surface area contributed by atoms with Gasteiger partial charge in [0.1, 0.15) is 5.75 Å². The number of ether oxygens (including phenoxy) is 1. The lowest BCUT2D eigenvalue weighted by atomic mass is 10.1. The maximum absolute atomic E-state index is 12.1. The summed E-state index contributed by atoms with van der Waals surface area (Å²) in [7, 11) is 1.66. The molecule has 1 N–H and O–H groups in total. The molecule has 0 unspecified atom stereocenters. The molecule has 6 nitrogen and oxygen atoms in total. The van der Waals surface area contributed by atoms with Crippen molar-refractivity contribution in [3.8, 4) is 5.75 Å². The Kier molecular flexibility index (Phi) is 7.19. The standard InChI is InChI=1S/C21H25N3O3S/c1-15(14-17-7-5-13-28-17)22-19(25)10-12-21-24-23-20(27-21)11-9-16-6-3-4-8-18(16)26-2/h3-8,13,15H,9-12,14H2,1-2H3,(H,22,25)/t15-/m1/s1. The zero-order valence-electron chi connectivity index (χ0n) is 16.2. The van der Waals surface area contributed by atoms with Crippen LogP contribution in [0.15, 0.2) is 46.2 Å². The van der Waals surface area contributed by atoms with Gasteiger partial charge in [-0.1, -0.05) is 24.3 Å². The molecule has 2 heterocycles. The van der Waals surface area contributed by atoms with Gasteiger partial charge >= 0.3 is 0 Å². The number of aryl methyl sites for hydroxylation is 3. The maximum Gasteiger partial charge on any atom is 0.220 e. The Hall–Kier alpha value is -2.67. The Bertz CT molecular complexity index is 877. The second kappa shape index (κ2) is 10.0. The minimum atomic E-state index is -0.00201. The Morgan fingerprint density at radius 1 is 1.14 bits per heavy atom. The van der Waals surface area contributed by atoms with Crippen LogP contribution in [0, 0.1) is 0 Å². The fraction of sp³-hybridized carbons (Fsp3) is 0.381. The van der Waals surface area contributed by atoms with Gasteiger partial charge in [0.2, 0.25) is 17.7 Å². The molecule has 0 saturated carbocycles. The minimum absolute atomic E-state index is 0.00201. The fourth-order valence-electron chi connectivity index (χ4n) is 2.99. The molecule has 1 atom stereocenters. The van der Waals surface area contributed by atoms with E-state index in [-0.39, 0.29) is 11.9 Å². The normalized spacial score (nSPS) is 11.9. The summed E-state index contributed by atoms with van der Waals surface area (Å²) < 4.78 is 11.0. The van der Waals surface area contributed by atoms with Crippen molar-refractivity contribution in [2.24, 2.45) is 0 Å². The van der Waals surface area contributed by atoms with E-state index in [4.69, 9.17) is 9.15 Å². The summed E-state index contributed by atoms with van der Waals surface area (Å²) in [5.41, 5.74) is 1.10. The number of hydrogen-bond acceptors (Lipinski definition) is 6. The summed E-state index contributed by atoms with van der Waals surface area (Å²) in [6.07, 6.45) is 3.02. The molecule has 7 heteroatoms. The smallest absolute Gasteiger partial charge is 0.220 e. The molecule has 2 aromatic heterocycles. The Labute approximate surface area is 168 Å². The zero-order valence-corrected chi connectivity index (χ0v) is 17.0. The van der Waals surface area contributed by atoms with E-state index in [9.17, 15) is 4.79 Å². The molecule has 0 aliphatic rings. The third-order valence-electron chi connectivity index (χ3n) is 4.37. The van der Waals surface area contributed by atoms with Crippen LogP contribution in [0.4, 0.5) is 0 Å². The summed E-state index contributed by atoms with van der Waals surface area (Å²) in [6, 6.07) is 12.1. The molecule has 1 aromatic carbocycles. The van der Waals surface area contributed by atoms with Crippen molar-refractivity contribution in [3.05, 3.63) is 64.0 Å². The van der Waals surface area contributed by atoms with Gasteiger partial charge < -0.3 is 14.5 Å². The van der Waals surface area contributed by atoms with Crippen LogP contribution in [0.3, 0.4) is 0 Å². The number of amides is 1. The average Bonchev–Trinajstić information content (AvgIpc) is 3.36. The molecule has 3 aromatic rings. The Morgan fingerprint density at radius 2 is 1.93 bits per heavy atom. The number of nitrogens with one attached hydrogen (secondary N) is 1. The lowest BCUT2D eigenvalue weighted by Gasteiger charge is -2.12. The van der Waals surface area contributed by atoms with Gasteiger partial charge in [0.05, 0.1) is 7.11 Å². The first-order valence-corrected chi connectivity index (χ1v) is 10.3. The highest BCUT2D eigenvalue weighted by Gasteiger charge is 2.12. The quantitative estimate of drug-likeness (QED) is 0.564. The van der Waals surface area contributed by atoms with Gasteiger partial charge in [-0.3, -0.25) is 4.79 Å². The number of hydrogen-bond donors (Lipinski definition) is 1. The molecular weight excluding hydrogens is 374 g/mol. The molecule has 148 valence electrons. The Morgan fingerprint density at radius 3 is 2.68 bits per heavy atom. The van der Waals surface area contributed by atoms with Crippen molar-refractivity contribution in [1.29, 1.82) is 0 Å². The average molecular weight is 400 g/mol. The summed E-state index contributed by atoms with van der Waals surface area (Å²) in [5, 5.41) is 13.2. The van der Waals surface area contributed by atoms with Crippen molar-refractivity contribution < 1.29 is 13.9 Å². The second-order valence-corrected chi connectivity index (χ2v) is 7.69. The highest BCUT2D eigenvalue weighted by molar-refractivity contribution is 7.09. The summed E-state index contributed by atoms with van der Waals surface area (Å²) in [4.78, 5) is 13.4. The molecule has 0 aliphatic carbocycles. The monoisotopic (exact) mass is 399 g/mol. The van der Waals surface area contributed by atoms with Crippen LogP contribution in [-0.4, -0.2) is 29.3 Å². The molecule has 3 rings (SSSR count). The third-order valence-corrected chi connectivity index (χ3v) is 5.27. The van der Waals surface area contributed by atoms with Crippen molar-refractivity contribution in [3.63, 3.8) is 0 Å². The van der Waals surface area contributed by atoms with Crippen LogP contribution in [0.2, 0.25) is 0 Å². The summed E-state index contributed by atoms with van der Waals surface area (Å²) in [6.45, 7) is 2.01. The number of nitrogens with zero attached hydrogens (tertiary/aromatic N) is 2. The second-order valence-electron chi connectivity index (χ2n) is 6.65. The molecule has 0 aliphatic heterocycles. The molecule has 0 bridgehead atoms. The lowest BCUT2D eigenvalue weighted by molar-refractivity contribution is -0.121. The Balaban J connectivity index is 1.42. The molecule has 0 spiro atoms. The molecule has 0 radical (unpaired) electrons. The van der Waals surface area contributed by atoms with E-state index in [0.717, 1.165) is 24.2 Å². The summed E-state index contributed by atoms with van der Waals surface area (Å²) >= 11 is 1.70. The number of rotatable bonds is 10. The highest BCUT2D eigenvalue weighted by Crippen LogP contribution is 2.19. The topological polar surface area (TPSA) is 77.2 Å². The van der Waals surface area contributed by atoms with Crippen LogP contribution in [0.1, 0.15) is 35.6 Å². The van der Waals surface area contributed by atoms with Gasteiger partial charge in [-0.25, -0.2) is 0 Å². The van der Waals surface area contributed by atoms with Crippen LogP contribution in [0.5, 0.6) is 5.75 Å². The molecule has 1 amide bonds. The lowest BCUT2D eigenvalue weighted by Crippen LogP contribution is -2.34. The van der Waals surface area contributed by atoms with E-state index >= 15 is 0 Å². The first-order valence-electron chi connectivity index (χ1n) is 9.39. The van der Waals surface area contributed by atoms with Crippen LogP contribution < -0.4 is 10.1 Å². The number of benzene rings is 1. The summed E-state index contributed by atoms with van der Waals surface area (Å²) in [5.74, 6) is 1.93. The largest absolute Gasteiger partial charge is 0.496 e. The van der Waals surface area contributed by atoms with Gasteiger partial charge in [-0.15, -0.1) is 21.5 Å². The van der Waals surface area contributed by atoms with Crippen LogP contribution in [-0.2, 0) is 30.5 Å². The van der Waals surface area contributed by atoms with Crippen molar-refractivity contribution in [2.75, 3.05) is 7.11 Å². The van der Waals surface area contributed by atoms with Crippen LogP contribution in [0.25, 0.3) is 0 Å². The van der Waals surface area contributed by atoms with Crippen LogP contribution >= 0.6 is 11.3 Å². The molecule has 0 fully saturated rings. The first kappa shape index (κ1) is 20.1. The van der Waals surface area contributed by atoms with E-state index < -0.39 is 0 Å². The van der Waals surface area contributed by atoms with Gasteiger partial charge in [-0.2, -0.15) is 0 Å². The SMILES string of the molecule is COc1ccccc1CCc1nnc(CCC(=O)N[C@H](C)Cc2cccs2)o1. The fourth-order valence-corrected chi connectivity index (χ4v) is 3.83. The number of para-hydroxylation sites is 1. The predicted molar refractivity (Wildman–Crippen MR) is 109 cm³/mol. The van der Waals surface area contributed by atoms with Crippen molar-refractivity contribution in [2.45, 2.75) is 45.1 Å². The number of methoxy groups -OCH3 is 1. The predicted octanol–water partition coefficient (Wildman–Crippen LogP) is 3.60. The van der Waals surface area contributed by atoms with E-state index in [2.05, 4.69) is 21.6 Å². The zero-order chi connectivity index (χ0) is 19.8. The molecule has 0 saturated heterocycles. The highest BCUT2D eigenvalue weighted by atomic mass is 32.1. The van der Waals surface area contributed by atoms with Crippen molar-refractivity contribution >= 4 is 17.2 Å². The van der Waals surface area contributed by atoms with Gasteiger partial charge in [0.25, 0.3) is 0 Å². The number of thiophene rings is 1. The van der Waals surface area contributed by atoms with Gasteiger partial charge in [0.15, 0.2) is 0 Å². The number of aromatic nitrogens is 2. The van der Waals surface area contributed by atoms with Gasteiger partial charge in [-0.05, 0) is 36.4 Å². The van der Waals surface area contributed by atoms with E-state index in [1.807, 2.05) is 42.6 Å². The number of carbonyl (C=O) groups is 1. The molecule has 28 heavy (non-hydrogen) atoms. The van der Waals surface area contributed by atoms with Gasteiger partial charge in [0, 0.05) is 36.6 Å². The maximum atomic E-state index is 12.1. The van der Waals surface area contributed by atoms with E-state index in [1.54, 1.807) is 18.4 Å². The van der Waals surface area contributed by atoms with E-state index in [1.165, 1.54) is 4.88 Å². The first-order chi connectivity index (χ1) is 13.6. The third kappa shape index (κ3) is 5.92. The van der Waals surface area contributed by atoms with Crippen molar-refractivity contribution in [1.82, 2.24) is 15.5 Å². The minimum Gasteiger partial charge on any atom is -0.496 e.